The maximum atomic E-state index is 11.8. The number of nitrogens with zero attached hydrogens (tertiary/aromatic N) is 3. The van der Waals surface area contributed by atoms with Gasteiger partial charge in [0, 0.05) is 32.2 Å². The molecule has 162 valence electrons. The second-order valence-electron chi connectivity index (χ2n) is 8.10. The van der Waals surface area contributed by atoms with Gasteiger partial charge in [0.15, 0.2) is 5.96 Å². The molecule has 7 heteroatoms. The van der Waals surface area contributed by atoms with Crippen molar-refractivity contribution in [2.45, 2.75) is 65.3 Å². The van der Waals surface area contributed by atoms with Gasteiger partial charge in [-0.2, -0.15) is 0 Å². The van der Waals surface area contributed by atoms with Crippen LogP contribution in [0.3, 0.4) is 0 Å². The standard InChI is InChI=1S/C21H41N5O2/c1-4-22-20(23-12-6-7-13-25-14-8-18(3)9-15-25)24-19-10-16-26(17-11-19)21(27)28-5-2/h18-19H,4-17H2,1-3H3,(H2,22,23,24). The third-order valence-electron chi connectivity index (χ3n) is 5.73. The highest BCUT2D eigenvalue weighted by Crippen LogP contribution is 2.16. The van der Waals surface area contributed by atoms with Crippen molar-refractivity contribution in [3.05, 3.63) is 0 Å². The molecular weight excluding hydrogens is 354 g/mol. The maximum Gasteiger partial charge on any atom is 0.409 e. The Morgan fingerprint density at radius 2 is 1.79 bits per heavy atom. The number of hydrogen-bond donors (Lipinski definition) is 2. The lowest BCUT2D eigenvalue weighted by atomic mass is 9.99. The number of carbonyl (C=O) groups excluding carboxylic acids is 1. The molecule has 0 spiro atoms. The third-order valence-corrected chi connectivity index (χ3v) is 5.73. The van der Waals surface area contributed by atoms with E-state index in [2.05, 4.69) is 29.4 Å². The third kappa shape index (κ3) is 8.25. The average Bonchev–Trinajstić information content (AvgIpc) is 2.70. The fourth-order valence-corrected chi connectivity index (χ4v) is 3.86. The van der Waals surface area contributed by atoms with Crippen molar-refractivity contribution in [1.82, 2.24) is 20.4 Å². The molecule has 2 heterocycles. The van der Waals surface area contributed by atoms with E-state index in [4.69, 9.17) is 9.73 Å². The van der Waals surface area contributed by atoms with E-state index in [0.717, 1.165) is 57.3 Å². The van der Waals surface area contributed by atoms with Crippen LogP contribution >= 0.6 is 0 Å². The lowest BCUT2D eigenvalue weighted by Gasteiger charge is -2.32. The fourth-order valence-electron chi connectivity index (χ4n) is 3.86. The number of rotatable bonds is 8. The number of hydrogen-bond acceptors (Lipinski definition) is 4. The molecule has 0 radical (unpaired) electrons. The Morgan fingerprint density at radius 3 is 2.43 bits per heavy atom. The van der Waals surface area contributed by atoms with Gasteiger partial charge < -0.3 is 25.2 Å². The summed E-state index contributed by atoms with van der Waals surface area (Å²) in [6.07, 6.45) is 6.71. The van der Waals surface area contributed by atoms with Crippen LogP contribution in [-0.4, -0.2) is 80.3 Å². The smallest absolute Gasteiger partial charge is 0.409 e. The highest BCUT2D eigenvalue weighted by Gasteiger charge is 2.24. The molecule has 2 N–H and O–H groups in total. The Bertz CT molecular complexity index is 469. The summed E-state index contributed by atoms with van der Waals surface area (Å²) in [4.78, 5) is 21.0. The van der Waals surface area contributed by atoms with E-state index in [-0.39, 0.29) is 6.09 Å². The summed E-state index contributed by atoms with van der Waals surface area (Å²) in [5.41, 5.74) is 0. The number of ether oxygens (including phenoxy) is 1. The second kappa shape index (κ2) is 12.9. The van der Waals surface area contributed by atoms with Crippen LogP contribution < -0.4 is 10.6 Å². The molecule has 2 rings (SSSR count). The summed E-state index contributed by atoms with van der Waals surface area (Å²) in [5.74, 6) is 1.81. The van der Waals surface area contributed by atoms with Gasteiger partial charge in [-0.1, -0.05) is 6.92 Å². The summed E-state index contributed by atoms with van der Waals surface area (Å²) in [5, 5.41) is 6.90. The molecular formula is C21H41N5O2. The molecule has 0 saturated carbocycles. The molecule has 2 saturated heterocycles. The van der Waals surface area contributed by atoms with E-state index in [1.165, 1.54) is 38.9 Å². The molecule has 0 unspecified atom stereocenters. The number of guanidine groups is 1. The summed E-state index contributed by atoms with van der Waals surface area (Å²) in [7, 11) is 0. The normalized spacial score (nSPS) is 20.2. The predicted molar refractivity (Wildman–Crippen MR) is 115 cm³/mol. The number of piperidine rings is 2. The largest absolute Gasteiger partial charge is 0.450 e. The molecule has 2 fully saturated rings. The quantitative estimate of drug-likeness (QED) is 0.376. The molecule has 28 heavy (non-hydrogen) atoms. The molecule has 1 amide bonds. The number of amides is 1. The first kappa shape index (κ1) is 22.8. The summed E-state index contributed by atoms with van der Waals surface area (Å²) < 4.78 is 5.09. The van der Waals surface area contributed by atoms with E-state index in [1.807, 2.05) is 6.92 Å². The van der Waals surface area contributed by atoms with E-state index >= 15 is 0 Å². The van der Waals surface area contributed by atoms with Crippen LogP contribution in [0.5, 0.6) is 0 Å². The molecule has 0 aromatic carbocycles. The molecule has 0 aromatic heterocycles. The van der Waals surface area contributed by atoms with Gasteiger partial charge in [0.25, 0.3) is 0 Å². The number of likely N-dealkylation sites (tertiary alicyclic amines) is 2. The summed E-state index contributed by atoms with van der Waals surface area (Å²) in [6, 6.07) is 0.360. The Balaban J connectivity index is 1.64. The van der Waals surface area contributed by atoms with Crippen molar-refractivity contribution in [3.8, 4) is 0 Å². The molecule has 0 aromatic rings. The van der Waals surface area contributed by atoms with Gasteiger partial charge in [0.05, 0.1) is 6.61 Å². The van der Waals surface area contributed by atoms with Crippen LogP contribution in [0.2, 0.25) is 0 Å². The Kier molecular flexibility index (Phi) is 10.5. The Hall–Kier alpha value is -1.50. The minimum atomic E-state index is -0.190. The highest BCUT2D eigenvalue weighted by molar-refractivity contribution is 5.80. The van der Waals surface area contributed by atoms with Crippen LogP contribution in [-0.2, 0) is 4.74 Å². The van der Waals surface area contributed by atoms with Gasteiger partial charge in [0.1, 0.15) is 0 Å². The topological polar surface area (TPSA) is 69.2 Å². The lowest BCUT2D eigenvalue weighted by Crippen LogP contribution is -2.49. The predicted octanol–water partition coefficient (Wildman–Crippen LogP) is 2.67. The second-order valence-corrected chi connectivity index (χ2v) is 8.10. The zero-order valence-electron chi connectivity index (χ0n) is 18.2. The van der Waals surface area contributed by atoms with Crippen LogP contribution in [0.1, 0.15) is 59.3 Å². The van der Waals surface area contributed by atoms with Gasteiger partial charge in [0.2, 0.25) is 0 Å². The van der Waals surface area contributed by atoms with Crippen LogP contribution in [0, 0.1) is 5.92 Å². The monoisotopic (exact) mass is 395 g/mol. The van der Waals surface area contributed by atoms with Gasteiger partial charge in [-0.25, -0.2) is 4.79 Å². The molecule has 0 aliphatic carbocycles. The lowest BCUT2D eigenvalue weighted by molar-refractivity contribution is 0.0963. The van der Waals surface area contributed by atoms with Crippen molar-refractivity contribution in [2.75, 3.05) is 52.4 Å². The highest BCUT2D eigenvalue weighted by atomic mass is 16.6. The van der Waals surface area contributed by atoms with Crippen molar-refractivity contribution < 1.29 is 9.53 Å². The fraction of sp³-hybridized carbons (Fsp3) is 0.905. The van der Waals surface area contributed by atoms with Crippen molar-refractivity contribution in [2.24, 2.45) is 10.9 Å². The van der Waals surface area contributed by atoms with E-state index in [1.54, 1.807) is 4.90 Å². The molecule has 2 aliphatic rings. The number of aliphatic imine (C=N–C) groups is 1. The summed E-state index contributed by atoms with van der Waals surface area (Å²) >= 11 is 0. The Morgan fingerprint density at radius 1 is 1.07 bits per heavy atom. The van der Waals surface area contributed by atoms with Crippen molar-refractivity contribution >= 4 is 12.1 Å². The first-order valence-electron chi connectivity index (χ1n) is 11.3. The zero-order valence-corrected chi connectivity index (χ0v) is 18.2. The number of nitrogens with one attached hydrogen (secondary N) is 2. The Labute approximate surface area is 171 Å². The van der Waals surface area contributed by atoms with Gasteiger partial charge in [-0.05, 0) is 77.9 Å². The van der Waals surface area contributed by atoms with E-state index < -0.39 is 0 Å². The molecule has 7 nitrogen and oxygen atoms in total. The number of unbranched alkanes of at least 4 members (excludes halogenated alkanes) is 1. The zero-order chi connectivity index (χ0) is 20.2. The van der Waals surface area contributed by atoms with Gasteiger partial charge >= 0.3 is 6.09 Å². The summed E-state index contributed by atoms with van der Waals surface area (Å²) in [6.45, 7) is 13.7. The van der Waals surface area contributed by atoms with E-state index in [9.17, 15) is 4.79 Å². The first-order chi connectivity index (χ1) is 13.6. The van der Waals surface area contributed by atoms with Crippen LogP contribution in [0.15, 0.2) is 4.99 Å². The van der Waals surface area contributed by atoms with Crippen LogP contribution in [0.25, 0.3) is 0 Å². The minimum Gasteiger partial charge on any atom is -0.450 e. The molecule has 0 atom stereocenters. The van der Waals surface area contributed by atoms with Gasteiger partial charge in [-0.15, -0.1) is 0 Å². The molecule has 2 aliphatic heterocycles. The van der Waals surface area contributed by atoms with E-state index in [0.29, 0.717) is 12.6 Å². The van der Waals surface area contributed by atoms with Gasteiger partial charge in [-0.3, -0.25) is 4.99 Å². The van der Waals surface area contributed by atoms with Crippen LogP contribution in [0.4, 0.5) is 4.79 Å². The average molecular weight is 396 g/mol. The first-order valence-corrected chi connectivity index (χ1v) is 11.3. The van der Waals surface area contributed by atoms with Crippen molar-refractivity contribution in [1.29, 1.82) is 0 Å². The maximum absolute atomic E-state index is 11.8. The molecule has 0 bridgehead atoms. The SMILES string of the molecule is CCNC(=NCCCCN1CCC(C)CC1)NC1CCN(C(=O)OCC)CC1. The minimum absolute atomic E-state index is 0.190. The van der Waals surface area contributed by atoms with Crippen molar-refractivity contribution in [3.63, 3.8) is 0 Å². The number of carbonyl (C=O) groups is 1.